The molecule has 0 saturated carbocycles. The predicted octanol–water partition coefficient (Wildman–Crippen LogP) is 4.38. The minimum Gasteiger partial charge on any atom is -0.451 e. The first-order valence-electron chi connectivity index (χ1n) is 9.58. The van der Waals surface area contributed by atoms with Crippen molar-refractivity contribution in [2.75, 3.05) is 0 Å². The van der Waals surface area contributed by atoms with Gasteiger partial charge in [0.05, 0.1) is 22.8 Å². The molecule has 0 aliphatic heterocycles. The van der Waals surface area contributed by atoms with Gasteiger partial charge in [-0.2, -0.15) is 10.4 Å². The highest BCUT2D eigenvalue weighted by molar-refractivity contribution is 5.97. The Bertz CT molecular complexity index is 1420. The first kappa shape index (κ1) is 20.6. The van der Waals surface area contributed by atoms with E-state index in [0.717, 1.165) is 22.6 Å². The maximum atomic E-state index is 12.4. The first-order valence-corrected chi connectivity index (χ1v) is 9.58. The Kier molecular flexibility index (Phi) is 5.27. The highest BCUT2D eigenvalue weighted by atomic mass is 16.6. The van der Waals surface area contributed by atoms with Crippen molar-refractivity contribution < 1.29 is 14.1 Å². The van der Waals surface area contributed by atoms with E-state index in [1.165, 1.54) is 30.5 Å². The average Bonchev–Trinajstić information content (AvgIpc) is 3.33. The summed E-state index contributed by atoms with van der Waals surface area (Å²) in [7, 11) is 0. The van der Waals surface area contributed by atoms with Crippen LogP contribution in [-0.4, -0.2) is 21.6 Å². The molecule has 32 heavy (non-hydrogen) atoms. The number of nitro groups is 1. The second-order valence-electron chi connectivity index (χ2n) is 7.11. The van der Waals surface area contributed by atoms with Crippen LogP contribution in [0.4, 0.5) is 5.69 Å². The minimum atomic E-state index is -0.569. The summed E-state index contributed by atoms with van der Waals surface area (Å²) in [5.41, 5.74) is 6.90. The normalized spacial score (nSPS) is 11.0. The van der Waals surface area contributed by atoms with Gasteiger partial charge in [-0.15, -0.1) is 0 Å². The molecule has 0 fully saturated rings. The van der Waals surface area contributed by atoms with E-state index >= 15 is 0 Å². The van der Waals surface area contributed by atoms with E-state index < -0.39 is 10.8 Å². The zero-order valence-corrected chi connectivity index (χ0v) is 17.2. The lowest BCUT2D eigenvalue weighted by Crippen LogP contribution is -2.16. The third-order valence-corrected chi connectivity index (χ3v) is 5.03. The summed E-state index contributed by atoms with van der Waals surface area (Å²) < 4.78 is 7.48. The Morgan fingerprint density at radius 2 is 1.94 bits per heavy atom. The Labute approximate surface area is 182 Å². The number of aryl methyl sites for hydroxylation is 1. The SMILES string of the molecule is Cc1cc(/C=N/NC(=O)c2cc3cc([N+](=O)[O-])ccc3o2)c(C)n1-c1ccc(C#N)cc1. The molecule has 0 aliphatic rings. The molecular formula is C23H17N5O4. The fourth-order valence-corrected chi connectivity index (χ4v) is 3.47. The number of nitro benzene ring substituents is 1. The third-order valence-electron chi connectivity index (χ3n) is 5.03. The van der Waals surface area contributed by atoms with Crippen LogP contribution >= 0.6 is 0 Å². The van der Waals surface area contributed by atoms with Crippen molar-refractivity contribution in [2.24, 2.45) is 5.10 Å². The van der Waals surface area contributed by atoms with E-state index in [9.17, 15) is 14.9 Å². The van der Waals surface area contributed by atoms with Crippen molar-refractivity contribution in [2.45, 2.75) is 13.8 Å². The number of non-ortho nitro benzene ring substituents is 1. The van der Waals surface area contributed by atoms with Gasteiger partial charge in [0.25, 0.3) is 5.69 Å². The van der Waals surface area contributed by atoms with Crippen molar-refractivity contribution in [3.8, 4) is 11.8 Å². The quantitative estimate of drug-likeness (QED) is 0.287. The van der Waals surface area contributed by atoms with Crippen molar-refractivity contribution in [1.82, 2.24) is 9.99 Å². The molecule has 4 aromatic rings. The van der Waals surface area contributed by atoms with Gasteiger partial charge < -0.3 is 8.98 Å². The number of aromatic nitrogens is 1. The van der Waals surface area contributed by atoms with Crippen molar-refractivity contribution in [1.29, 1.82) is 5.26 Å². The van der Waals surface area contributed by atoms with Gasteiger partial charge in [0.15, 0.2) is 5.76 Å². The molecule has 2 aromatic carbocycles. The molecule has 9 nitrogen and oxygen atoms in total. The van der Waals surface area contributed by atoms with Crippen molar-refractivity contribution >= 4 is 28.8 Å². The largest absolute Gasteiger partial charge is 0.451 e. The third kappa shape index (κ3) is 3.85. The predicted molar refractivity (Wildman–Crippen MR) is 118 cm³/mol. The average molecular weight is 427 g/mol. The van der Waals surface area contributed by atoms with Crippen molar-refractivity contribution in [3.63, 3.8) is 0 Å². The summed E-state index contributed by atoms with van der Waals surface area (Å²) in [6.07, 6.45) is 1.54. The zero-order chi connectivity index (χ0) is 22.8. The fraction of sp³-hybridized carbons (Fsp3) is 0.0870. The Morgan fingerprint density at radius 1 is 1.19 bits per heavy atom. The molecule has 0 saturated heterocycles. The lowest BCUT2D eigenvalue weighted by molar-refractivity contribution is -0.384. The topological polar surface area (TPSA) is 126 Å². The van der Waals surface area contributed by atoms with Crippen LogP contribution in [0.5, 0.6) is 0 Å². The number of fused-ring (bicyclic) bond motifs is 1. The van der Waals surface area contributed by atoms with E-state index in [2.05, 4.69) is 16.6 Å². The van der Waals surface area contributed by atoms with Gasteiger partial charge in [0.2, 0.25) is 0 Å². The first-order chi connectivity index (χ1) is 15.4. The molecule has 0 radical (unpaired) electrons. The number of hydrazone groups is 1. The van der Waals surface area contributed by atoms with Crippen LogP contribution < -0.4 is 5.43 Å². The highest BCUT2D eigenvalue weighted by Crippen LogP contribution is 2.24. The molecule has 0 bridgehead atoms. The van der Waals surface area contributed by atoms with Gasteiger partial charge in [0, 0.05) is 40.2 Å². The molecule has 0 atom stereocenters. The number of nitrogens with zero attached hydrogens (tertiary/aromatic N) is 4. The summed E-state index contributed by atoms with van der Waals surface area (Å²) in [6.45, 7) is 3.88. The van der Waals surface area contributed by atoms with Crippen LogP contribution in [0.15, 0.2) is 64.1 Å². The van der Waals surface area contributed by atoms with E-state index in [0.29, 0.717) is 16.5 Å². The summed E-state index contributed by atoms with van der Waals surface area (Å²) in [5.74, 6) is -0.568. The molecule has 9 heteroatoms. The fourth-order valence-electron chi connectivity index (χ4n) is 3.47. The van der Waals surface area contributed by atoms with Crippen LogP contribution in [0.25, 0.3) is 16.7 Å². The van der Waals surface area contributed by atoms with E-state index in [4.69, 9.17) is 9.68 Å². The number of nitrogens with one attached hydrogen (secondary N) is 1. The number of benzene rings is 2. The van der Waals surface area contributed by atoms with Crippen molar-refractivity contribution in [3.05, 3.63) is 93.0 Å². The molecule has 4 rings (SSSR count). The maximum Gasteiger partial charge on any atom is 0.307 e. The van der Waals surface area contributed by atoms with Gasteiger partial charge in [-0.1, -0.05) is 0 Å². The van der Waals surface area contributed by atoms with E-state index in [-0.39, 0.29) is 11.4 Å². The maximum absolute atomic E-state index is 12.4. The number of carbonyl (C=O) groups excluding carboxylic acids is 1. The Morgan fingerprint density at radius 3 is 2.62 bits per heavy atom. The molecule has 0 aliphatic carbocycles. The van der Waals surface area contributed by atoms with Crippen LogP contribution in [0, 0.1) is 35.3 Å². The number of nitriles is 1. The number of amides is 1. The number of rotatable bonds is 5. The molecule has 2 heterocycles. The van der Waals surface area contributed by atoms with Crippen LogP contribution in [0.3, 0.4) is 0 Å². The van der Waals surface area contributed by atoms with Crippen LogP contribution in [0.2, 0.25) is 0 Å². The lowest BCUT2D eigenvalue weighted by Gasteiger charge is -2.09. The summed E-state index contributed by atoms with van der Waals surface area (Å²) >= 11 is 0. The van der Waals surface area contributed by atoms with Crippen LogP contribution in [0.1, 0.15) is 33.1 Å². The molecule has 0 spiro atoms. The Balaban J connectivity index is 1.51. The van der Waals surface area contributed by atoms with Gasteiger partial charge in [-0.3, -0.25) is 14.9 Å². The van der Waals surface area contributed by atoms with Gasteiger partial charge in [0.1, 0.15) is 5.58 Å². The number of furan rings is 1. The molecule has 2 aromatic heterocycles. The summed E-state index contributed by atoms with van der Waals surface area (Å²) in [5, 5.41) is 24.3. The summed E-state index contributed by atoms with van der Waals surface area (Å²) in [4.78, 5) is 22.8. The molecule has 1 amide bonds. The number of hydrogen-bond donors (Lipinski definition) is 1. The molecule has 158 valence electrons. The number of carbonyl (C=O) groups is 1. The number of hydrogen-bond acceptors (Lipinski definition) is 6. The molecule has 0 unspecified atom stereocenters. The van der Waals surface area contributed by atoms with Gasteiger partial charge in [-0.25, -0.2) is 5.43 Å². The smallest absolute Gasteiger partial charge is 0.307 e. The lowest BCUT2D eigenvalue weighted by atomic mass is 10.2. The highest BCUT2D eigenvalue weighted by Gasteiger charge is 2.15. The zero-order valence-electron chi connectivity index (χ0n) is 17.2. The Hall–Kier alpha value is -4.71. The second kappa shape index (κ2) is 8.20. The van der Waals surface area contributed by atoms with Gasteiger partial charge >= 0.3 is 5.91 Å². The van der Waals surface area contributed by atoms with Gasteiger partial charge in [-0.05, 0) is 56.3 Å². The van der Waals surface area contributed by atoms with Crippen LogP contribution in [-0.2, 0) is 0 Å². The molecule has 1 N–H and O–H groups in total. The standard InChI is InChI=1S/C23H17N5O4/c1-14-9-18(15(2)27(14)19-5-3-16(12-24)4-6-19)13-25-26-23(29)22-11-17-10-20(28(30)31)7-8-21(17)32-22/h3-11,13H,1-2H3,(H,26,29)/b25-13+. The minimum absolute atomic E-state index is 0.000651. The van der Waals surface area contributed by atoms with E-state index in [1.54, 1.807) is 12.1 Å². The summed E-state index contributed by atoms with van der Waals surface area (Å²) in [6, 6.07) is 16.8. The molecular weight excluding hydrogens is 410 g/mol. The monoisotopic (exact) mass is 427 g/mol. The second-order valence-corrected chi connectivity index (χ2v) is 7.11. The van der Waals surface area contributed by atoms with E-state index in [1.807, 2.05) is 36.6 Å².